The van der Waals surface area contributed by atoms with Gasteiger partial charge >= 0.3 is 0 Å². The first kappa shape index (κ1) is 20.6. The Kier molecular flexibility index (Phi) is 5.71. The van der Waals surface area contributed by atoms with Crippen LogP contribution >= 0.6 is 0 Å². The van der Waals surface area contributed by atoms with Gasteiger partial charge in [0.1, 0.15) is 7.11 Å². The second-order valence-electron chi connectivity index (χ2n) is 7.81. The summed E-state index contributed by atoms with van der Waals surface area (Å²) in [5.41, 5.74) is 3.67. The fraction of sp³-hybridized carbons (Fsp3) is 0.348. The molecular formula is C23H25N3O3. The minimum atomic E-state index is -1.06. The van der Waals surface area contributed by atoms with E-state index in [1.165, 1.54) is 7.11 Å². The summed E-state index contributed by atoms with van der Waals surface area (Å²) in [6.07, 6.45) is 0.474. The first-order chi connectivity index (χ1) is 13.8. The first-order valence-electron chi connectivity index (χ1n) is 9.48. The van der Waals surface area contributed by atoms with Crippen LogP contribution in [0.5, 0.6) is 0 Å². The SMILES string of the molecule is CO/N=C1/C[C@@H](C(C)(C)O)N(C(=O)c2ccc(-c3cccc(C#N)c3C)cc2)C1. The fourth-order valence-corrected chi connectivity index (χ4v) is 3.77. The number of benzene rings is 2. The lowest BCUT2D eigenvalue weighted by Gasteiger charge is -2.33. The molecule has 0 bridgehead atoms. The summed E-state index contributed by atoms with van der Waals surface area (Å²) in [5, 5.41) is 23.7. The Hall–Kier alpha value is -3.17. The number of oxime groups is 1. The van der Waals surface area contributed by atoms with Crippen LogP contribution in [0.2, 0.25) is 0 Å². The van der Waals surface area contributed by atoms with Crippen LogP contribution in [-0.4, -0.2) is 46.9 Å². The minimum Gasteiger partial charge on any atom is -0.399 e. The zero-order valence-corrected chi connectivity index (χ0v) is 17.1. The van der Waals surface area contributed by atoms with Crippen molar-refractivity contribution in [3.63, 3.8) is 0 Å². The van der Waals surface area contributed by atoms with Crippen LogP contribution in [0.3, 0.4) is 0 Å². The largest absolute Gasteiger partial charge is 0.399 e. The van der Waals surface area contributed by atoms with Gasteiger partial charge in [-0.3, -0.25) is 4.79 Å². The summed E-state index contributed by atoms with van der Waals surface area (Å²) in [4.78, 5) is 19.7. The zero-order valence-electron chi connectivity index (χ0n) is 17.1. The number of hydrogen-bond donors (Lipinski definition) is 1. The lowest BCUT2D eigenvalue weighted by Crippen LogP contribution is -2.48. The van der Waals surface area contributed by atoms with Gasteiger partial charge in [0.2, 0.25) is 0 Å². The molecule has 1 aliphatic rings. The standard InChI is InChI=1S/C23H25N3O3/c1-15-18(13-24)6-5-7-20(15)16-8-10-17(11-9-16)22(27)26-14-19(25-29-4)12-21(26)23(2,3)28/h5-11,21,28H,12,14H2,1-4H3/b25-19-/t21-/m0/s1. The van der Waals surface area contributed by atoms with E-state index in [9.17, 15) is 15.2 Å². The predicted molar refractivity (Wildman–Crippen MR) is 112 cm³/mol. The Balaban J connectivity index is 1.89. The summed E-state index contributed by atoms with van der Waals surface area (Å²) in [6, 6.07) is 14.8. The summed E-state index contributed by atoms with van der Waals surface area (Å²) in [6.45, 7) is 5.64. The summed E-state index contributed by atoms with van der Waals surface area (Å²) in [5.74, 6) is -0.160. The van der Waals surface area contributed by atoms with E-state index < -0.39 is 5.60 Å². The Morgan fingerprint density at radius 2 is 1.97 bits per heavy atom. The van der Waals surface area contributed by atoms with Crippen molar-refractivity contribution in [1.82, 2.24) is 4.90 Å². The molecule has 6 heteroatoms. The van der Waals surface area contributed by atoms with Crippen molar-refractivity contribution in [1.29, 1.82) is 5.26 Å². The van der Waals surface area contributed by atoms with Crippen LogP contribution in [0.4, 0.5) is 0 Å². The number of carbonyl (C=O) groups excluding carboxylic acids is 1. The highest BCUT2D eigenvalue weighted by Gasteiger charge is 2.42. The van der Waals surface area contributed by atoms with Crippen LogP contribution in [-0.2, 0) is 4.84 Å². The van der Waals surface area contributed by atoms with Gasteiger partial charge in [0, 0.05) is 12.0 Å². The van der Waals surface area contributed by atoms with Crippen molar-refractivity contribution < 1.29 is 14.7 Å². The molecule has 1 aliphatic heterocycles. The smallest absolute Gasteiger partial charge is 0.254 e. The molecule has 1 atom stereocenters. The molecule has 6 nitrogen and oxygen atoms in total. The molecule has 0 aromatic heterocycles. The molecule has 0 aliphatic carbocycles. The predicted octanol–water partition coefficient (Wildman–Crippen LogP) is 3.52. The molecule has 1 heterocycles. The van der Waals surface area contributed by atoms with Crippen molar-refractivity contribution in [2.75, 3.05) is 13.7 Å². The molecule has 1 N–H and O–H groups in total. The van der Waals surface area contributed by atoms with Gasteiger partial charge in [0.05, 0.1) is 35.5 Å². The fourth-order valence-electron chi connectivity index (χ4n) is 3.77. The van der Waals surface area contributed by atoms with Gasteiger partial charge in [-0.05, 0) is 55.7 Å². The van der Waals surface area contributed by atoms with E-state index in [0.717, 1.165) is 22.4 Å². The molecule has 1 saturated heterocycles. The molecule has 0 spiro atoms. The van der Waals surface area contributed by atoms with Gasteiger partial charge in [-0.15, -0.1) is 0 Å². The third-order valence-electron chi connectivity index (χ3n) is 5.35. The van der Waals surface area contributed by atoms with Gasteiger partial charge in [0.25, 0.3) is 5.91 Å². The molecule has 150 valence electrons. The van der Waals surface area contributed by atoms with E-state index in [1.54, 1.807) is 36.9 Å². The molecule has 0 saturated carbocycles. The summed E-state index contributed by atoms with van der Waals surface area (Å²) in [7, 11) is 1.47. The lowest BCUT2D eigenvalue weighted by atomic mass is 9.95. The van der Waals surface area contributed by atoms with Crippen molar-refractivity contribution in [2.45, 2.75) is 38.8 Å². The summed E-state index contributed by atoms with van der Waals surface area (Å²) >= 11 is 0. The molecule has 0 radical (unpaired) electrons. The van der Waals surface area contributed by atoms with E-state index in [0.29, 0.717) is 24.1 Å². The van der Waals surface area contributed by atoms with Crippen molar-refractivity contribution in [3.8, 4) is 17.2 Å². The second-order valence-corrected chi connectivity index (χ2v) is 7.81. The highest BCUT2D eigenvalue weighted by molar-refractivity contribution is 6.01. The van der Waals surface area contributed by atoms with Crippen molar-refractivity contribution >= 4 is 11.6 Å². The number of nitrogens with zero attached hydrogens (tertiary/aromatic N) is 3. The van der Waals surface area contributed by atoms with Gasteiger partial charge in [-0.2, -0.15) is 5.26 Å². The molecule has 1 amide bonds. The molecular weight excluding hydrogens is 366 g/mol. The number of amides is 1. The molecule has 2 aromatic rings. The number of likely N-dealkylation sites (tertiary alicyclic amines) is 1. The van der Waals surface area contributed by atoms with E-state index in [-0.39, 0.29) is 11.9 Å². The van der Waals surface area contributed by atoms with Gasteiger partial charge in [0.15, 0.2) is 0 Å². The Bertz CT molecular complexity index is 982. The summed E-state index contributed by atoms with van der Waals surface area (Å²) < 4.78 is 0. The van der Waals surface area contributed by atoms with E-state index in [2.05, 4.69) is 11.2 Å². The molecule has 0 unspecified atom stereocenters. The average Bonchev–Trinajstić information content (AvgIpc) is 3.13. The Morgan fingerprint density at radius 1 is 1.28 bits per heavy atom. The first-order valence-corrected chi connectivity index (χ1v) is 9.48. The maximum absolute atomic E-state index is 13.1. The number of nitriles is 1. The van der Waals surface area contributed by atoms with Crippen LogP contribution < -0.4 is 0 Å². The highest BCUT2D eigenvalue weighted by Crippen LogP contribution is 2.29. The lowest BCUT2D eigenvalue weighted by molar-refractivity contribution is 0.000459. The third-order valence-corrected chi connectivity index (χ3v) is 5.35. The second kappa shape index (κ2) is 8.06. The zero-order chi connectivity index (χ0) is 21.2. The number of carbonyl (C=O) groups is 1. The van der Waals surface area contributed by atoms with Crippen LogP contribution in [0.1, 0.15) is 41.8 Å². The molecule has 3 rings (SSSR count). The molecule has 2 aromatic carbocycles. The minimum absolute atomic E-state index is 0.160. The van der Waals surface area contributed by atoms with E-state index in [4.69, 9.17) is 4.84 Å². The maximum Gasteiger partial charge on any atom is 0.254 e. The van der Waals surface area contributed by atoms with Gasteiger partial charge < -0.3 is 14.8 Å². The van der Waals surface area contributed by atoms with Crippen LogP contribution in [0, 0.1) is 18.3 Å². The molecule has 29 heavy (non-hydrogen) atoms. The van der Waals surface area contributed by atoms with Crippen LogP contribution in [0.25, 0.3) is 11.1 Å². The topological polar surface area (TPSA) is 85.9 Å². The van der Waals surface area contributed by atoms with E-state index >= 15 is 0 Å². The third kappa shape index (κ3) is 4.15. The number of hydrogen-bond acceptors (Lipinski definition) is 5. The number of rotatable bonds is 4. The molecule has 1 fully saturated rings. The van der Waals surface area contributed by atoms with Crippen LogP contribution in [0.15, 0.2) is 47.6 Å². The van der Waals surface area contributed by atoms with Gasteiger partial charge in [-0.25, -0.2) is 0 Å². The quantitative estimate of drug-likeness (QED) is 0.808. The average molecular weight is 391 g/mol. The Morgan fingerprint density at radius 3 is 2.55 bits per heavy atom. The maximum atomic E-state index is 13.1. The van der Waals surface area contributed by atoms with Crippen molar-refractivity contribution in [3.05, 3.63) is 59.2 Å². The highest BCUT2D eigenvalue weighted by atomic mass is 16.6. The van der Waals surface area contributed by atoms with Gasteiger partial charge in [-0.1, -0.05) is 29.4 Å². The monoisotopic (exact) mass is 391 g/mol. The van der Waals surface area contributed by atoms with E-state index in [1.807, 2.05) is 31.2 Å². The van der Waals surface area contributed by atoms with Crippen molar-refractivity contribution in [2.24, 2.45) is 5.16 Å². The normalized spacial score (nSPS) is 18.0. The Labute approximate surface area is 171 Å². The number of aliphatic hydroxyl groups is 1.